The topological polar surface area (TPSA) is 158 Å². The Labute approximate surface area is 354 Å². The van der Waals surface area contributed by atoms with Gasteiger partial charge in [-0.05, 0) is 92.4 Å². The third-order valence-electron chi connectivity index (χ3n) is 9.28. The second kappa shape index (κ2) is 26.1. The van der Waals surface area contributed by atoms with Crippen LogP contribution in [0.1, 0.15) is 64.1 Å². The lowest BCUT2D eigenvalue weighted by molar-refractivity contribution is -0.139. The van der Waals surface area contributed by atoms with Crippen LogP contribution in [0.15, 0.2) is 85.1 Å². The number of amides is 2. The van der Waals surface area contributed by atoms with Crippen molar-refractivity contribution in [3.63, 3.8) is 0 Å². The lowest BCUT2D eigenvalue weighted by atomic mass is 10.0. The third-order valence-corrected chi connectivity index (χ3v) is 9.28. The number of hydrogen-bond acceptors (Lipinski definition) is 10. The molecule has 330 valence electrons. The van der Waals surface area contributed by atoms with Crippen molar-refractivity contribution < 1.29 is 56.3 Å². The molecule has 3 N–H and O–H groups in total. The molecule has 1 heterocycles. The maximum atomic E-state index is 13.7. The molecule has 4 rings (SSSR count). The maximum Gasteiger partial charge on any atom is 0.416 e. The summed E-state index contributed by atoms with van der Waals surface area (Å²) in [6, 6.07) is 20.9. The van der Waals surface area contributed by atoms with E-state index in [2.05, 4.69) is 20.5 Å². The standard InChI is InChI=1S/C45H55F3N4O9/c1-3-52(4-2)38-13-14-40(39(31-38)41-30-36(15-17-49-41)43(55)50-32-34-9-6-12-37(29-34)45(46,47)48)51-44(56)35-11-5-8-33(28-35)10-7-18-57-20-22-59-24-26-61-27-25-60-23-21-58-19-16-42(53)54/h5-6,8-9,11-15,17,28-31H,3-4,7,10,16,18-27,32H2,1-2H3,(H,50,55)(H,51,56)(H,53,54). The number of pyridine rings is 1. The zero-order chi connectivity index (χ0) is 43.9. The molecule has 0 radical (unpaired) electrons. The number of aliphatic carboxylic acids is 1. The van der Waals surface area contributed by atoms with Gasteiger partial charge in [-0.2, -0.15) is 13.2 Å². The van der Waals surface area contributed by atoms with Gasteiger partial charge < -0.3 is 44.3 Å². The summed E-state index contributed by atoms with van der Waals surface area (Å²) < 4.78 is 66.8. The van der Waals surface area contributed by atoms with E-state index < -0.39 is 23.6 Å². The highest BCUT2D eigenvalue weighted by atomic mass is 19.4. The normalized spacial score (nSPS) is 11.4. The molecule has 3 aromatic carbocycles. The van der Waals surface area contributed by atoms with E-state index >= 15 is 0 Å². The largest absolute Gasteiger partial charge is 0.481 e. The van der Waals surface area contributed by atoms with Crippen molar-refractivity contribution in [1.29, 1.82) is 0 Å². The summed E-state index contributed by atoms with van der Waals surface area (Å²) in [6.45, 7) is 9.37. The van der Waals surface area contributed by atoms with Crippen LogP contribution in [0.5, 0.6) is 0 Å². The number of rotatable bonds is 28. The Hall–Kier alpha value is -5.39. The van der Waals surface area contributed by atoms with Gasteiger partial charge in [0.2, 0.25) is 0 Å². The van der Waals surface area contributed by atoms with E-state index in [0.29, 0.717) is 94.0 Å². The fourth-order valence-corrected chi connectivity index (χ4v) is 6.08. The molecule has 1 aromatic heterocycles. The molecular weight excluding hydrogens is 798 g/mol. The van der Waals surface area contributed by atoms with Crippen LogP contribution in [0.3, 0.4) is 0 Å². The first-order valence-corrected chi connectivity index (χ1v) is 20.3. The van der Waals surface area contributed by atoms with Crippen molar-refractivity contribution >= 4 is 29.2 Å². The van der Waals surface area contributed by atoms with E-state index in [9.17, 15) is 27.6 Å². The summed E-state index contributed by atoms with van der Waals surface area (Å²) in [7, 11) is 0. The molecule has 4 aromatic rings. The number of carboxylic acid groups (broad SMARTS) is 1. The van der Waals surface area contributed by atoms with Crippen LogP contribution in [0, 0.1) is 0 Å². The van der Waals surface area contributed by atoms with Crippen molar-refractivity contribution in [3.05, 3.63) is 113 Å². The summed E-state index contributed by atoms with van der Waals surface area (Å²) in [5.74, 6) is -1.70. The van der Waals surface area contributed by atoms with Gasteiger partial charge in [0, 0.05) is 54.8 Å². The number of aryl methyl sites for hydroxylation is 1. The van der Waals surface area contributed by atoms with Crippen LogP contribution in [-0.2, 0) is 47.6 Å². The number of halogens is 3. The molecular formula is C45H55F3N4O9. The summed E-state index contributed by atoms with van der Waals surface area (Å²) in [5, 5.41) is 14.3. The zero-order valence-electron chi connectivity index (χ0n) is 34.6. The predicted octanol–water partition coefficient (Wildman–Crippen LogP) is 7.29. The van der Waals surface area contributed by atoms with E-state index in [1.165, 1.54) is 24.4 Å². The van der Waals surface area contributed by atoms with Gasteiger partial charge in [-0.25, -0.2) is 0 Å². The molecule has 0 aliphatic carbocycles. The Morgan fingerprint density at radius 3 is 1.93 bits per heavy atom. The predicted molar refractivity (Wildman–Crippen MR) is 225 cm³/mol. The third kappa shape index (κ3) is 17.2. The SMILES string of the molecule is CCN(CC)c1ccc(NC(=O)c2cccc(CCCOCCOCCOCCOCCOCCC(=O)O)c2)c(-c2cc(C(=O)NCc3cccc(C(F)(F)F)c3)ccn2)c1. The lowest BCUT2D eigenvalue weighted by Gasteiger charge is -2.23. The van der Waals surface area contributed by atoms with Gasteiger partial charge in [0.15, 0.2) is 0 Å². The number of carbonyl (C=O) groups excluding carboxylic acids is 2. The first-order valence-electron chi connectivity index (χ1n) is 20.3. The van der Waals surface area contributed by atoms with Crippen LogP contribution in [-0.4, -0.2) is 107 Å². The minimum atomic E-state index is -4.49. The Bertz CT molecular complexity index is 1980. The highest BCUT2D eigenvalue weighted by Gasteiger charge is 2.30. The van der Waals surface area contributed by atoms with Gasteiger partial charge in [0.05, 0.1) is 82.8 Å². The number of nitrogens with one attached hydrogen (secondary N) is 2. The Kier molecular flexibility index (Phi) is 20.6. The number of anilines is 2. The second-order valence-corrected chi connectivity index (χ2v) is 13.7. The van der Waals surface area contributed by atoms with E-state index in [-0.39, 0.29) is 31.0 Å². The van der Waals surface area contributed by atoms with Crippen LogP contribution in [0.2, 0.25) is 0 Å². The van der Waals surface area contributed by atoms with Crippen molar-refractivity contribution in [3.8, 4) is 11.3 Å². The minimum Gasteiger partial charge on any atom is -0.481 e. The van der Waals surface area contributed by atoms with E-state index in [0.717, 1.165) is 42.9 Å². The van der Waals surface area contributed by atoms with Gasteiger partial charge in [0.25, 0.3) is 11.8 Å². The van der Waals surface area contributed by atoms with Crippen molar-refractivity contribution in [2.75, 3.05) is 89.4 Å². The van der Waals surface area contributed by atoms with Gasteiger partial charge in [-0.1, -0.05) is 24.3 Å². The highest BCUT2D eigenvalue weighted by Crippen LogP contribution is 2.33. The van der Waals surface area contributed by atoms with Crippen LogP contribution in [0.25, 0.3) is 11.3 Å². The number of hydrogen-bond donors (Lipinski definition) is 3. The monoisotopic (exact) mass is 852 g/mol. The average molecular weight is 853 g/mol. The van der Waals surface area contributed by atoms with Gasteiger partial charge in [-0.15, -0.1) is 0 Å². The molecule has 13 nitrogen and oxygen atoms in total. The van der Waals surface area contributed by atoms with Crippen molar-refractivity contribution in [1.82, 2.24) is 10.3 Å². The Balaban J connectivity index is 1.25. The van der Waals surface area contributed by atoms with Crippen molar-refractivity contribution in [2.45, 2.75) is 45.8 Å². The fourth-order valence-electron chi connectivity index (χ4n) is 6.08. The number of carboxylic acids is 1. The fraction of sp³-hybridized carbons (Fsp3) is 0.422. The average Bonchev–Trinajstić information content (AvgIpc) is 3.25. The summed E-state index contributed by atoms with van der Waals surface area (Å²) >= 11 is 0. The molecule has 0 aliphatic rings. The smallest absolute Gasteiger partial charge is 0.416 e. The zero-order valence-corrected chi connectivity index (χ0v) is 34.6. The molecule has 0 atom stereocenters. The molecule has 0 unspecified atom stereocenters. The summed E-state index contributed by atoms with van der Waals surface area (Å²) in [5.41, 5.74) is 3.63. The summed E-state index contributed by atoms with van der Waals surface area (Å²) in [4.78, 5) is 44.0. The van der Waals surface area contributed by atoms with Gasteiger partial charge in [0.1, 0.15) is 0 Å². The first kappa shape index (κ1) is 48.3. The quantitative estimate of drug-likeness (QED) is 0.0493. The molecule has 16 heteroatoms. The van der Waals surface area contributed by atoms with Gasteiger partial charge >= 0.3 is 12.1 Å². The molecule has 0 bridgehead atoms. The van der Waals surface area contributed by atoms with Gasteiger partial charge in [-0.3, -0.25) is 19.4 Å². The number of aromatic nitrogens is 1. The number of ether oxygens (including phenoxy) is 5. The molecule has 0 saturated carbocycles. The summed E-state index contributed by atoms with van der Waals surface area (Å²) in [6.07, 6.45) is -1.60. The highest BCUT2D eigenvalue weighted by molar-refractivity contribution is 6.06. The maximum absolute atomic E-state index is 13.7. The van der Waals surface area contributed by atoms with Crippen LogP contribution < -0.4 is 15.5 Å². The molecule has 0 fully saturated rings. The van der Waals surface area contributed by atoms with E-state index in [1.54, 1.807) is 12.1 Å². The Morgan fingerprint density at radius 1 is 0.689 bits per heavy atom. The van der Waals surface area contributed by atoms with E-state index in [4.69, 9.17) is 28.8 Å². The molecule has 2 amide bonds. The van der Waals surface area contributed by atoms with Crippen LogP contribution >= 0.6 is 0 Å². The minimum absolute atomic E-state index is 0.0297. The molecule has 0 spiro atoms. The number of alkyl halides is 3. The van der Waals surface area contributed by atoms with Crippen LogP contribution in [0.4, 0.5) is 24.5 Å². The molecule has 0 saturated heterocycles. The molecule has 0 aliphatic heterocycles. The lowest BCUT2D eigenvalue weighted by Crippen LogP contribution is -2.23. The number of carbonyl (C=O) groups is 3. The number of benzene rings is 3. The second-order valence-electron chi connectivity index (χ2n) is 13.7. The first-order chi connectivity index (χ1) is 29.5. The van der Waals surface area contributed by atoms with Crippen molar-refractivity contribution in [2.24, 2.45) is 0 Å². The molecule has 61 heavy (non-hydrogen) atoms. The van der Waals surface area contributed by atoms with E-state index in [1.807, 2.05) is 50.2 Å². The number of nitrogens with zero attached hydrogens (tertiary/aromatic N) is 2. The Morgan fingerprint density at radius 2 is 1.30 bits per heavy atom.